The van der Waals surface area contributed by atoms with Crippen LogP contribution < -0.4 is 0 Å². The lowest BCUT2D eigenvalue weighted by Gasteiger charge is -2.26. The summed E-state index contributed by atoms with van der Waals surface area (Å²) in [4.78, 5) is 0. The lowest BCUT2D eigenvalue weighted by Crippen LogP contribution is -2.08. The van der Waals surface area contributed by atoms with Gasteiger partial charge in [0.2, 0.25) is 0 Å². The lowest BCUT2D eigenvalue weighted by molar-refractivity contribution is 0.420. The van der Waals surface area contributed by atoms with Crippen LogP contribution in [0.4, 0.5) is 0 Å². The summed E-state index contributed by atoms with van der Waals surface area (Å²) in [5.74, 6) is 0.836. The maximum atomic E-state index is 6.30. The van der Waals surface area contributed by atoms with Crippen LogP contribution >= 0.6 is 11.6 Å². The topological polar surface area (TPSA) is 0 Å². The molecule has 1 atom stereocenters. The third kappa shape index (κ3) is 2.64. The molecule has 96 valence electrons. The summed E-state index contributed by atoms with van der Waals surface area (Å²) in [6, 6.07) is 9.26. The second-order valence-corrected chi connectivity index (χ2v) is 6.26. The molecule has 0 spiro atoms. The Hall–Kier alpha value is -0.750. The first-order valence-corrected chi connectivity index (χ1v) is 7.72. The maximum Gasteiger partial charge on any atom is 0.0521 e. The minimum atomic E-state index is 0.230. The van der Waals surface area contributed by atoms with Gasteiger partial charge in [0.05, 0.1) is 5.38 Å². The van der Waals surface area contributed by atoms with E-state index >= 15 is 0 Å². The molecule has 2 aliphatic rings. The Morgan fingerprint density at radius 1 is 0.889 bits per heavy atom. The van der Waals surface area contributed by atoms with Crippen molar-refractivity contribution >= 4 is 17.2 Å². The average molecular weight is 261 g/mol. The molecular weight excluding hydrogens is 240 g/mol. The number of halogens is 1. The summed E-state index contributed by atoms with van der Waals surface area (Å²) in [6.07, 6.45) is 11.3. The Kier molecular flexibility index (Phi) is 3.75. The average Bonchev–Trinajstić information content (AvgIpc) is 2.53. The molecular formula is C17H21Cl. The Morgan fingerprint density at radius 2 is 1.67 bits per heavy atom. The Balaban J connectivity index is 1.78. The van der Waals surface area contributed by atoms with Gasteiger partial charge in [-0.2, -0.15) is 0 Å². The highest BCUT2D eigenvalue weighted by atomic mass is 35.5. The third-order valence-corrected chi connectivity index (χ3v) is 4.76. The fourth-order valence-electron chi connectivity index (χ4n) is 2.99. The van der Waals surface area contributed by atoms with Gasteiger partial charge in [0.25, 0.3) is 0 Å². The molecule has 0 N–H and O–H groups in total. The summed E-state index contributed by atoms with van der Waals surface area (Å²) >= 11 is 6.30. The van der Waals surface area contributed by atoms with Crippen LogP contribution in [0, 0.1) is 0 Å². The third-order valence-electron chi connectivity index (χ3n) is 4.42. The van der Waals surface area contributed by atoms with Crippen molar-refractivity contribution in [2.45, 2.75) is 56.2 Å². The fourth-order valence-corrected chi connectivity index (χ4v) is 3.30. The molecule has 0 bridgehead atoms. The van der Waals surface area contributed by atoms with E-state index in [1.54, 1.807) is 0 Å². The van der Waals surface area contributed by atoms with Gasteiger partial charge in [-0.25, -0.2) is 0 Å². The van der Waals surface area contributed by atoms with Gasteiger partial charge in [-0.05, 0) is 54.7 Å². The van der Waals surface area contributed by atoms with E-state index in [4.69, 9.17) is 11.6 Å². The summed E-state index contributed by atoms with van der Waals surface area (Å²) in [5, 5.41) is 0.230. The molecule has 1 aromatic carbocycles. The molecule has 0 nitrogen and oxygen atoms in total. The molecule has 1 unspecified atom stereocenters. The quantitative estimate of drug-likeness (QED) is 0.614. The van der Waals surface area contributed by atoms with Crippen molar-refractivity contribution in [3.05, 3.63) is 41.5 Å². The van der Waals surface area contributed by atoms with E-state index in [0.717, 1.165) is 12.3 Å². The van der Waals surface area contributed by atoms with Crippen molar-refractivity contribution in [2.75, 3.05) is 0 Å². The van der Waals surface area contributed by atoms with Gasteiger partial charge in [-0.3, -0.25) is 0 Å². The predicted octanol–water partition coefficient (Wildman–Crippen LogP) is 5.52. The summed E-state index contributed by atoms with van der Waals surface area (Å²) in [5.41, 5.74) is 4.36. The summed E-state index contributed by atoms with van der Waals surface area (Å²) < 4.78 is 0. The van der Waals surface area contributed by atoms with Gasteiger partial charge in [-0.15, -0.1) is 11.6 Å². The van der Waals surface area contributed by atoms with E-state index in [1.807, 2.05) is 0 Å². The van der Waals surface area contributed by atoms with Crippen LogP contribution in [0.3, 0.4) is 0 Å². The Labute approximate surface area is 115 Å². The molecule has 0 aromatic heterocycles. The van der Waals surface area contributed by atoms with Gasteiger partial charge in [0, 0.05) is 0 Å². The van der Waals surface area contributed by atoms with Crippen LogP contribution in [0.15, 0.2) is 30.3 Å². The van der Waals surface area contributed by atoms with Crippen molar-refractivity contribution in [2.24, 2.45) is 0 Å². The monoisotopic (exact) mass is 260 g/mol. The van der Waals surface area contributed by atoms with Crippen molar-refractivity contribution in [3.8, 4) is 0 Å². The zero-order valence-corrected chi connectivity index (χ0v) is 11.6. The minimum Gasteiger partial charge on any atom is -0.118 e. The Bertz CT molecular complexity index is 425. The van der Waals surface area contributed by atoms with Crippen LogP contribution in [0.2, 0.25) is 0 Å². The van der Waals surface area contributed by atoms with Crippen LogP contribution in [0.5, 0.6) is 0 Å². The molecule has 0 radical (unpaired) electrons. The van der Waals surface area contributed by atoms with Gasteiger partial charge in [0.1, 0.15) is 0 Å². The highest BCUT2D eigenvalue weighted by Crippen LogP contribution is 2.37. The molecule has 0 amide bonds. The van der Waals surface area contributed by atoms with Crippen molar-refractivity contribution in [1.82, 2.24) is 0 Å². The second kappa shape index (κ2) is 5.48. The SMILES string of the molecule is ClC1C=C(c2ccc(C3CCC3)cc2)CCCC1. The molecule has 0 aliphatic heterocycles. The van der Waals surface area contributed by atoms with Crippen LogP contribution in [0.1, 0.15) is 62.0 Å². The number of alkyl halides is 1. The Morgan fingerprint density at radius 3 is 2.33 bits per heavy atom. The first kappa shape index (κ1) is 12.3. The van der Waals surface area contributed by atoms with Crippen molar-refractivity contribution < 1.29 is 0 Å². The van der Waals surface area contributed by atoms with Gasteiger partial charge in [0.15, 0.2) is 0 Å². The predicted molar refractivity (Wildman–Crippen MR) is 79.1 cm³/mol. The number of rotatable bonds is 2. The van der Waals surface area contributed by atoms with Gasteiger partial charge < -0.3 is 0 Å². The van der Waals surface area contributed by atoms with Crippen molar-refractivity contribution in [1.29, 1.82) is 0 Å². The van der Waals surface area contributed by atoms with E-state index in [9.17, 15) is 0 Å². The van der Waals surface area contributed by atoms with E-state index in [2.05, 4.69) is 30.3 Å². The normalized spacial score (nSPS) is 25.2. The van der Waals surface area contributed by atoms with Crippen LogP contribution in [0.25, 0.3) is 5.57 Å². The van der Waals surface area contributed by atoms with Crippen molar-refractivity contribution in [3.63, 3.8) is 0 Å². The highest BCUT2D eigenvalue weighted by molar-refractivity contribution is 6.22. The number of benzene rings is 1. The molecule has 1 fully saturated rings. The molecule has 1 aromatic rings. The number of hydrogen-bond donors (Lipinski definition) is 0. The van der Waals surface area contributed by atoms with E-state index in [0.29, 0.717) is 0 Å². The molecule has 0 saturated heterocycles. The molecule has 0 heterocycles. The lowest BCUT2D eigenvalue weighted by atomic mass is 9.80. The molecule has 18 heavy (non-hydrogen) atoms. The molecule has 1 saturated carbocycles. The number of hydrogen-bond acceptors (Lipinski definition) is 0. The molecule has 2 aliphatic carbocycles. The largest absolute Gasteiger partial charge is 0.118 e. The fraction of sp³-hybridized carbons (Fsp3) is 0.529. The van der Waals surface area contributed by atoms with E-state index < -0.39 is 0 Å². The standard InChI is InChI=1S/C17H21Cl/c18-17-7-2-1-4-16(12-17)15-10-8-14(9-11-15)13-5-3-6-13/h8-13,17H,1-7H2. The molecule has 1 heteroatoms. The van der Waals surface area contributed by atoms with Crippen LogP contribution in [-0.4, -0.2) is 5.38 Å². The first-order valence-electron chi connectivity index (χ1n) is 7.28. The second-order valence-electron chi connectivity index (χ2n) is 5.70. The highest BCUT2D eigenvalue weighted by Gasteiger charge is 2.19. The maximum absolute atomic E-state index is 6.30. The zero-order valence-electron chi connectivity index (χ0n) is 10.9. The molecule has 3 rings (SSSR count). The van der Waals surface area contributed by atoms with E-state index in [1.165, 1.54) is 55.2 Å². The minimum absolute atomic E-state index is 0.230. The van der Waals surface area contributed by atoms with Gasteiger partial charge in [-0.1, -0.05) is 43.2 Å². The summed E-state index contributed by atoms with van der Waals surface area (Å²) in [6.45, 7) is 0. The zero-order chi connectivity index (χ0) is 12.4. The first-order chi connectivity index (χ1) is 8.83. The van der Waals surface area contributed by atoms with E-state index in [-0.39, 0.29) is 5.38 Å². The smallest absolute Gasteiger partial charge is 0.0521 e. The summed E-state index contributed by atoms with van der Waals surface area (Å²) in [7, 11) is 0. The number of allylic oxidation sites excluding steroid dienone is 2. The van der Waals surface area contributed by atoms with Gasteiger partial charge >= 0.3 is 0 Å². The van der Waals surface area contributed by atoms with Crippen LogP contribution in [-0.2, 0) is 0 Å².